The van der Waals surface area contributed by atoms with Crippen LogP contribution in [0.5, 0.6) is 0 Å². The number of β-lactam (4-membered cyclic amide) rings is 1. The lowest BCUT2D eigenvalue weighted by Gasteiger charge is -2.36. The van der Waals surface area contributed by atoms with Gasteiger partial charge in [0.15, 0.2) is 8.32 Å². The topological polar surface area (TPSA) is 38.3 Å². The van der Waals surface area contributed by atoms with Crippen molar-refractivity contribution in [3.05, 3.63) is 11.1 Å². The van der Waals surface area contributed by atoms with Crippen molar-refractivity contribution in [2.24, 2.45) is 0 Å². The third-order valence-electron chi connectivity index (χ3n) is 3.67. The number of amides is 1. The van der Waals surface area contributed by atoms with Crippen LogP contribution in [0.2, 0.25) is 18.1 Å². The van der Waals surface area contributed by atoms with Crippen LogP contribution >= 0.6 is 0 Å². The summed E-state index contributed by atoms with van der Waals surface area (Å²) in [5, 5.41) is 2.95. The maximum absolute atomic E-state index is 11.2. The normalized spacial score (nSPS) is 20.2. The highest BCUT2D eigenvalue weighted by atomic mass is 28.4. The Kier molecular flexibility index (Phi) is 3.64. The molecule has 0 saturated carbocycles. The Hall–Kier alpha value is -0.613. The highest BCUT2D eigenvalue weighted by molar-refractivity contribution is 6.74. The van der Waals surface area contributed by atoms with Gasteiger partial charge in [-0.05, 0) is 30.6 Å². The minimum atomic E-state index is -1.69. The van der Waals surface area contributed by atoms with Crippen LogP contribution in [0.1, 0.15) is 27.7 Å². The van der Waals surface area contributed by atoms with E-state index in [1.807, 2.05) is 6.92 Å². The van der Waals surface area contributed by atoms with Crippen molar-refractivity contribution in [1.29, 1.82) is 0 Å². The van der Waals surface area contributed by atoms with E-state index in [0.717, 1.165) is 11.1 Å². The second-order valence-corrected chi connectivity index (χ2v) is 10.8. The number of carbonyl (C=O) groups is 1. The molecular weight excluding hydrogens is 218 g/mol. The molecule has 1 amide bonds. The molecule has 1 N–H and O–H groups in total. The molecule has 1 heterocycles. The van der Waals surface area contributed by atoms with Crippen LogP contribution in [-0.2, 0) is 9.22 Å². The lowest BCUT2D eigenvalue weighted by atomic mass is 10.0. The number of carbonyl (C=O) groups excluding carboxylic acids is 1. The van der Waals surface area contributed by atoms with Gasteiger partial charge in [-0.1, -0.05) is 20.8 Å². The van der Waals surface area contributed by atoms with E-state index in [9.17, 15) is 4.79 Å². The maximum Gasteiger partial charge on any atom is 0.249 e. The Morgan fingerprint density at radius 2 is 2.00 bits per heavy atom. The van der Waals surface area contributed by atoms with Gasteiger partial charge in [0.05, 0.1) is 6.61 Å². The third-order valence-corrected chi connectivity index (χ3v) is 8.15. The van der Waals surface area contributed by atoms with Gasteiger partial charge in [0, 0.05) is 12.1 Å². The summed E-state index contributed by atoms with van der Waals surface area (Å²) >= 11 is 0. The Morgan fingerprint density at radius 3 is 2.31 bits per heavy atom. The van der Waals surface area contributed by atoms with Gasteiger partial charge in [0.25, 0.3) is 0 Å². The van der Waals surface area contributed by atoms with Crippen molar-refractivity contribution in [3.8, 4) is 0 Å². The summed E-state index contributed by atoms with van der Waals surface area (Å²) in [5.74, 6) is 0.0660. The summed E-state index contributed by atoms with van der Waals surface area (Å²) in [6, 6.07) is 0. The quantitative estimate of drug-likeness (QED) is 0.468. The summed E-state index contributed by atoms with van der Waals surface area (Å²) in [7, 11) is -1.69. The van der Waals surface area contributed by atoms with E-state index in [1.54, 1.807) is 0 Å². The summed E-state index contributed by atoms with van der Waals surface area (Å²) in [6.07, 6.45) is 0. The summed E-state index contributed by atoms with van der Waals surface area (Å²) in [5.41, 5.74) is 1.98. The third kappa shape index (κ3) is 2.74. The lowest BCUT2D eigenvalue weighted by Crippen LogP contribution is -2.44. The van der Waals surface area contributed by atoms with Crippen molar-refractivity contribution in [3.63, 3.8) is 0 Å². The minimum absolute atomic E-state index is 0.0660. The van der Waals surface area contributed by atoms with E-state index >= 15 is 0 Å². The molecule has 0 unspecified atom stereocenters. The highest BCUT2D eigenvalue weighted by Gasteiger charge is 2.37. The van der Waals surface area contributed by atoms with Gasteiger partial charge in [0.1, 0.15) is 0 Å². The van der Waals surface area contributed by atoms with Crippen LogP contribution in [0.15, 0.2) is 11.1 Å². The maximum atomic E-state index is 11.2. The first-order valence-corrected chi connectivity index (χ1v) is 8.67. The molecule has 1 saturated heterocycles. The average Bonchev–Trinajstić information content (AvgIpc) is 2.10. The molecule has 0 atom stereocenters. The molecule has 0 aromatic heterocycles. The van der Waals surface area contributed by atoms with Crippen molar-refractivity contribution in [1.82, 2.24) is 5.32 Å². The van der Waals surface area contributed by atoms with Gasteiger partial charge in [0.2, 0.25) is 5.91 Å². The Balaban J connectivity index is 2.59. The van der Waals surface area contributed by atoms with Gasteiger partial charge in [-0.3, -0.25) is 4.79 Å². The van der Waals surface area contributed by atoms with Crippen LogP contribution in [0.4, 0.5) is 0 Å². The lowest BCUT2D eigenvalue weighted by molar-refractivity contribution is -0.120. The molecule has 92 valence electrons. The molecule has 0 spiro atoms. The standard InChI is InChI=1S/C12H23NO2Si/c1-9(10-7-13-11(10)14)8-15-16(5,6)12(2,3)4/h7-8H2,1-6H3,(H,13,14)/b10-9+. The zero-order valence-corrected chi connectivity index (χ0v) is 12.2. The highest BCUT2D eigenvalue weighted by Crippen LogP contribution is 2.36. The summed E-state index contributed by atoms with van der Waals surface area (Å²) in [6.45, 7) is 14.4. The molecule has 1 aliphatic heterocycles. The fraction of sp³-hybridized carbons (Fsp3) is 0.750. The largest absolute Gasteiger partial charge is 0.413 e. The van der Waals surface area contributed by atoms with Gasteiger partial charge in [-0.15, -0.1) is 0 Å². The Bertz CT molecular complexity index is 326. The van der Waals surface area contributed by atoms with Crippen molar-refractivity contribution < 1.29 is 9.22 Å². The second-order valence-electron chi connectivity index (χ2n) is 5.99. The first-order chi connectivity index (χ1) is 7.15. The molecule has 3 nitrogen and oxygen atoms in total. The number of hydrogen-bond acceptors (Lipinski definition) is 2. The summed E-state index contributed by atoms with van der Waals surface area (Å²) in [4.78, 5) is 11.2. The number of nitrogens with one attached hydrogen (secondary N) is 1. The van der Waals surface area contributed by atoms with Crippen molar-refractivity contribution in [2.45, 2.75) is 45.8 Å². The molecule has 0 radical (unpaired) electrons. The first kappa shape index (κ1) is 13.5. The molecule has 1 aliphatic rings. The van der Waals surface area contributed by atoms with Gasteiger partial charge in [-0.25, -0.2) is 0 Å². The van der Waals surface area contributed by atoms with Crippen LogP contribution in [0, 0.1) is 0 Å². The minimum Gasteiger partial charge on any atom is -0.413 e. The monoisotopic (exact) mass is 241 g/mol. The molecule has 0 aromatic rings. The van der Waals surface area contributed by atoms with Crippen LogP contribution < -0.4 is 5.32 Å². The average molecular weight is 241 g/mol. The van der Waals surface area contributed by atoms with Crippen LogP contribution in [0.3, 0.4) is 0 Å². The van der Waals surface area contributed by atoms with Crippen LogP contribution in [0.25, 0.3) is 0 Å². The van der Waals surface area contributed by atoms with Gasteiger partial charge in [-0.2, -0.15) is 0 Å². The van der Waals surface area contributed by atoms with Gasteiger partial charge >= 0.3 is 0 Å². The Morgan fingerprint density at radius 1 is 1.44 bits per heavy atom. The van der Waals surface area contributed by atoms with Crippen molar-refractivity contribution in [2.75, 3.05) is 13.2 Å². The fourth-order valence-corrected chi connectivity index (χ4v) is 2.20. The molecular formula is C12H23NO2Si. The molecule has 0 aliphatic carbocycles. The predicted molar refractivity (Wildman–Crippen MR) is 68.9 cm³/mol. The molecule has 1 rings (SSSR count). The zero-order valence-electron chi connectivity index (χ0n) is 11.2. The van der Waals surface area contributed by atoms with Gasteiger partial charge < -0.3 is 9.74 Å². The fourth-order valence-electron chi connectivity index (χ4n) is 1.19. The molecule has 0 aromatic carbocycles. The van der Waals surface area contributed by atoms with E-state index in [1.165, 1.54) is 0 Å². The van der Waals surface area contributed by atoms with Crippen LogP contribution in [-0.4, -0.2) is 27.4 Å². The molecule has 16 heavy (non-hydrogen) atoms. The second kappa shape index (κ2) is 4.34. The van der Waals surface area contributed by atoms with E-state index in [2.05, 4.69) is 39.2 Å². The zero-order chi connectivity index (χ0) is 12.6. The number of rotatable bonds is 3. The summed E-state index contributed by atoms with van der Waals surface area (Å²) < 4.78 is 6.06. The van der Waals surface area contributed by atoms with E-state index in [-0.39, 0.29) is 10.9 Å². The van der Waals surface area contributed by atoms with Crippen molar-refractivity contribution >= 4 is 14.2 Å². The van der Waals surface area contributed by atoms with E-state index in [0.29, 0.717) is 13.2 Å². The van der Waals surface area contributed by atoms with E-state index in [4.69, 9.17) is 4.43 Å². The first-order valence-electron chi connectivity index (χ1n) is 5.76. The Labute approximate surface area is 99.4 Å². The smallest absolute Gasteiger partial charge is 0.249 e. The molecule has 0 bridgehead atoms. The SMILES string of the molecule is C/C(CO[Si](C)(C)C(C)(C)C)=C1/CNC1=O. The molecule has 4 heteroatoms. The number of hydrogen-bond donors (Lipinski definition) is 1. The van der Waals surface area contributed by atoms with E-state index < -0.39 is 8.32 Å². The molecule has 1 fully saturated rings. The predicted octanol–water partition coefficient (Wildman–Crippen LogP) is 2.45.